The summed E-state index contributed by atoms with van der Waals surface area (Å²) in [4.78, 5) is 11.1. The second-order valence-electron chi connectivity index (χ2n) is 2.74. The molecule has 2 N–H and O–H groups in total. The molecule has 1 aliphatic heterocycles. The van der Waals surface area contributed by atoms with Gasteiger partial charge < -0.3 is 10.4 Å². The number of hydrogen-bond donors (Lipinski definition) is 2. The fraction of sp³-hybridized carbons (Fsp3) is 0.125. The molecule has 2 rings (SSSR count). The van der Waals surface area contributed by atoms with Crippen LogP contribution in [-0.2, 0) is 4.79 Å². The van der Waals surface area contributed by atoms with Gasteiger partial charge >= 0.3 is 0 Å². The minimum Gasteiger partial charge on any atom is -0.378 e. The minimum absolute atomic E-state index is 0.419. The predicted octanol–water partition coefficient (Wildman–Crippen LogP) is 2.09. The number of aliphatic hydroxyl groups excluding tert-OH is 1. The zero-order valence-electron chi connectivity index (χ0n) is 6.34. The molecule has 68 valence electrons. The van der Waals surface area contributed by atoms with Crippen LogP contribution in [0.25, 0.3) is 0 Å². The first-order valence-electron chi connectivity index (χ1n) is 3.57. The first-order valence-corrected chi connectivity index (χ1v) is 4.74. The highest BCUT2D eigenvalue weighted by Gasteiger charge is 2.30. The van der Waals surface area contributed by atoms with Crippen molar-refractivity contribution in [2.24, 2.45) is 0 Å². The second kappa shape index (κ2) is 2.97. The van der Waals surface area contributed by atoms with Crippen molar-refractivity contribution in [2.45, 2.75) is 6.10 Å². The summed E-state index contributed by atoms with van der Waals surface area (Å²) in [5, 5.41) is 12.4. The normalized spacial score (nSPS) is 19.9. The Bertz CT molecular complexity index is 394. The van der Waals surface area contributed by atoms with Crippen LogP contribution in [0.4, 0.5) is 5.69 Å². The highest BCUT2D eigenvalue weighted by Crippen LogP contribution is 2.38. The van der Waals surface area contributed by atoms with Crippen molar-refractivity contribution in [1.29, 1.82) is 0 Å². The summed E-state index contributed by atoms with van der Waals surface area (Å²) in [5.41, 5.74) is 1.12. The molecule has 0 saturated heterocycles. The van der Waals surface area contributed by atoms with Gasteiger partial charge in [-0.3, -0.25) is 4.79 Å². The molecular formula is C8H5BrClNO2. The van der Waals surface area contributed by atoms with Gasteiger partial charge in [0, 0.05) is 15.1 Å². The lowest BCUT2D eigenvalue weighted by molar-refractivity contribution is -0.123. The molecule has 5 heteroatoms. The van der Waals surface area contributed by atoms with Gasteiger partial charge in [0.15, 0.2) is 6.10 Å². The average molecular weight is 262 g/mol. The molecule has 1 amide bonds. The number of aliphatic hydroxyl groups is 1. The van der Waals surface area contributed by atoms with E-state index in [4.69, 9.17) is 11.6 Å². The maximum atomic E-state index is 11.1. The fourth-order valence-corrected chi connectivity index (χ4v) is 2.21. The number of amides is 1. The number of rotatable bonds is 0. The quantitative estimate of drug-likeness (QED) is 0.752. The van der Waals surface area contributed by atoms with Crippen LogP contribution in [0.3, 0.4) is 0 Å². The topological polar surface area (TPSA) is 49.3 Å². The molecule has 1 unspecified atom stereocenters. The molecule has 13 heavy (non-hydrogen) atoms. The van der Waals surface area contributed by atoms with Crippen molar-refractivity contribution < 1.29 is 9.90 Å². The molecule has 1 atom stereocenters. The summed E-state index contributed by atoms with van der Waals surface area (Å²) in [5.74, 6) is -0.419. The Balaban J connectivity index is 2.63. The van der Waals surface area contributed by atoms with Gasteiger partial charge in [0.25, 0.3) is 5.91 Å². The number of carbonyl (C=O) groups is 1. The smallest absolute Gasteiger partial charge is 0.257 e. The van der Waals surface area contributed by atoms with Crippen LogP contribution in [-0.4, -0.2) is 11.0 Å². The van der Waals surface area contributed by atoms with Crippen LogP contribution < -0.4 is 5.32 Å². The summed E-state index contributed by atoms with van der Waals surface area (Å²) in [6.45, 7) is 0. The predicted molar refractivity (Wildman–Crippen MR) is 52.7 cm³/mol. The van der Waals surface area contributed by atoms with E-state index in [1.165, 1.54) is 0 Å². The first kappa shape index (κ1) is 8.99. The van der Waals surface area contributed by atoms with E-state index in [0.717, 1.165) is 0 Å². The van der Waals surface area contributed by atoms with Crippen molar-refractivity contribution in [2.75, 3.05) is 5.32 Å². The Labute approximate surface area is 87.8 Å². The van der Waals surface area contributed by atoms with Gasteiger partial charge in [0.05, 0.1) is 5.69 Å². The standard InChI is InChI=1S/C8H5BrClNO2/c9-5-2-3(10)1-4-6(5)11-8(13)7(4)12/h1-2,7,12H,(H,11,13). The zero-order chi connectivity index (χ0) is 9.59. The SMILES string of the molecule is O=C1Nc2c(Br)cc(Cl)cc2C1O. The first-order chi connectivity index (χ1) is 6.09. The van der Waals surface area contributed by atoms with Crippen molar-refractivity contribution in [1.82, 2.24) is 0 Å². The molecule has 0 spiro atoms. The van der Waals surface area contributed by atoms with E-state index < -0.39 is 12.0 Å². The lowest BCUT2D eigenvalue weighted by Gasteiger charge is -2.02. The van der Waals surface area contributed by atoms with Crippen LogP contribution in [0.2, 0.25) is 5.02 Å². The molecule has 1 aromatic carbocycles. The molecule has 0 fully saturated rings. The molecule has 0 radical (unpaired) electrons. The highest BCUT2D eigenvalue weighted by molar-refractivity contribution is 9.10. The summed E-state index contributed by atoms with van der Waals surface area (Å²) >= 11 is 9.00. The van der Waals surface area contributed by atoms with E-state index in [1.54, 1.807) is 12.1 Å². The van der Waals surface area contributed by atoms with E-state index in [2.05, 4.69) is 21.2 Å². The molecule has 0 saturated carbocycles. The van der Waals surface area contributed by atoms with Gasteiger partial charge in [0.2, 0.25) is 0 Å². The third kappa shape index (κ3) is 1.35. The van der Waals surface area contributed by atoms with Gasteiger partial charge in [-0.05, 0) is 28.1 Å². The van der Waals surface area contributed by atoms with Crippen molar-refractivity contribution in [3.8, 4) is 0 Å². The Morgan fingerprint density at radius 1 is 1.54 bits per heavy atom. The number of carbonyl (C=O) groups excluding carboxylic acids is 1. The van der Waals surface area contributed by atoms with Gasteiger partial charge in [0.1, 0.15) is 0 Å². The van der Waals surface area contributed by atoms with Crippen LogP contribution in [0.5, 0.6) is 0 Å². The molecule has 1 aromatic rings. The van der Waals surface area contributed by atoms with Crippen LogP contribution in [0.15, 0.2) is 16.6 Å². The molecule has 0 aromatic heterocycles. The Morgan fingerprint density at radius 2 is 2.23 bits per heavy atom. The number of halogens is 2. The van der Waals surface area contributed by atoms with Gasteiger partial charge in [-0.1, -0.05) is 11.6 Å². The lowest BCUT2D eigenvalue weighted by atomic mass is 10.1. The van der Waals surface area contributed by atoms with E-state index in [1.807, 2.05) is 0 Å². The number of hydrogen-bond acceptors (Lipinski definition) is 2. The molecule has 1 aliphatic rings. The minimum atomic E-state index is -1.11. The van der Waals surface area contributed by atoms with Gasteiger partial charge in [-0.15, -0.1) is 0 Å². The number of anilines is 1. The van der Waals surface area contributed by atoms with Crippen LogP contribution >= 0.6 is 27.5 Å². The highest BCUT2D eigenvalue weighted by atomic mass is 79.9. The molecule has 1 heterocycles. The molecule has 0 bridgehead atoms. The van der Waals surface area contributed by atoms with E-state index >= 15 is 0 Å². The van der Waals surface area contributed by atoms with Gasteiger partial charge in [-0.25, -0.2) is 0 Å². The maximum absolute atomic E-state index is 11.1. The van der Waals surface area contributed by atoms with Crippen molar-refractivity contribution in [3.63, 3.8) is 0 Å². The van der Waals surface area contributed by atoms with E-state index in [9.17, 15) is 9.90 Å². The second-order valence-corrected chi connectivity index (χ2v) is 4.03. The molecular weight excluding hydrogens is 257 g/mol. The number of nitrogens with one attached hydrogen (secondary N) is 1. The Hall–Kier alpha value is -0.580. The maximum Gasteiger partial charge on any atom is 0.257 e. The third-order valence-electron chi connectivity index (χ3n) is 1.88. The summed E-state index contributed by atoms with van der Waals surface area (Å²) in [7, 11) is 0. The van der Waals surface area contributed by atoms with Crippen molar-refractivity contribution in [3.05, 3.63) is 27.2 Å². The third-order valence-corrected chi connectivity index (χ3v) is 2.72. The number of benzene rings is 1. The van der Waals surface area contributed by atoms with Crippen LogP contribution in [0, 0.1) is 0 Å². The molecule has 3 nitrogen and oxygen atoms in total. The Kier molecular flexibility index (Phi) is 2.06. The average Bonchev–Trinajstić information content (AvgIpc) is 2.32. The van der Waals surface area contributed by atoms with Crippen LogP contribution in [0.1, 0.15) is 11.7 Å². The molecule has 0 aliphatic carbocycles. The zero-order valence-corrected chi connectivity index (χ0v) is 8.69. The Morgan fingerprint density at radius 3 is 2.92 bits per heavy atom. The summed E-state index contributed by atoms with van der Waals surface area (Å²) in [6.07, 6.45) is -1.11. The lowest BCUT2D eigenvalue weighted by Crippen LogP contribution is -2.10. The monoisotopic (exact) mass is 261 g/mol. The largest absolute Gasteiger partial charge is 0.378 e. The van der Waals surface area contributed by atoms with E-state index in [0.29, 0.717) is 20.7 Å². The van der Waals surface area contributed by atoms with E-state index in [-0.39, 0.29) is 0 Å². The van der Waals surface area contributed by atoms with Crippen molar-refractivity contribution >= 4 is 39.1 Å². The summed E-state index contributed by atoms with van der Waals surface area (Å²) < 4.78 is 0.680. The van der Waals surface area contributed by atoms with Gasteiger partial charge in [-0.2, -0.15) is 0 Å². The number of fused-ring (bicyclic) bond motifs is 1. The fourth-order valence-electron chi connectivity index (χ4n) is 1.27. The summed E-state index contributed by atoms with van der Waals surface area (Å²) in [6, 6.07) is 3.24.